The maximum atomic E-state index is 10.7. The van der Waals surface area contributed by atoms with Crippen molar-refractivity contribution in [2.75, 3.05) is 0 Å². The predicted molar refractivity (Wildman–Crippen MR) is 39.6 cm³/mol. The predicted octanol–water partition coefficient (Wildman–Crippen LogP) is 3.07. The third-order valence-corrected chi connectivity index (χ3v) is 4.11. The average Bonchev–Trinajstić information content (AvgIpc) is 1.97. The first kappa shape index (κ1) is 11.3. The molecular formula is C8H17O2Ti. The van der Waals surface area contributed by atoms with Gasteiger partial charge < -0.3 is 0 Å². The van der Waals surface area contributed by atoms with Crippen LogP contribution in [0, 0.1) is 0 Å². The zero-order valence-corrected chi connectivity index (χ0v) is 8.99. The van der Waals surface area contributed by atoms with Gasteiger partial charge in [-0.1, -0.05) is 0 Å². The first-order chi connectivity index (χ1) is 5.22. The van der Waals surface area contributed by atoms with Gasteiger partial charge in [-0.05, 0) is 0 Å². The van der Waals surface area contributed by atoms with Crippen LogP contribution < -0.4 is 0 Å². The summed E-state index contributed by atoms with van der Waals surface area (Å²) in [6.45, 7) is 4.09. The average molecular weight is 193 g/mol. The summed E-state index contributed by atoms with van der Waals surface area (Å²) in [5.74, 6) is 0. The molecule has 0 aromatic heterocycles. The Bertz CT molecular complexity index is 144. The molecule has 65 valence electrons. The van der Waals surface area contributed by atoms with Crippen molar-refractivity contribution < 1.29 is 24.5 Å². The van der Waals surface area contributed by atoms with Crippen LogP contribution in [0.5, 0.6) is 0 Å². The molecule has 0 rings (SSSR count). The van der Waals surface area contributed by atoms with Gasteiger partial charge in [-0.25, -0.2) is 0 Å². The molecule has 0 aliphatic rings. The van der Waals surface area contributed by atoms with Crippen LogP contribution in [0.4, 0.5) is 0 Å². The van der Waals surface area contributed by atoms with E-state index in [1.807, 2.05) is 6.92 Å². The van der Waals surface area contributed by atoms with E-state index in [0.717, 1.165) is 19.3 Å². The maximum absolute atomic E-state index is 10.7. The minimum atomic E-state index is -3.07. The van der Waals surface area contributed by atoms with Gasteiger partial charge in [0.15, 0.2) is 0 Å². The molecule has 0 amide bonds. The summed E-state index contributed by atoms with van der Waals surface area (Å²) < 4.78 is 21.4. The van der Waals surface area contributed by atoms with Crippen LogP contribution in [0.25, 0.3) is 0 Å². The fourth-order valence-electron chi connectivity index (χ4n) is 1.13. The first-order valence-corrected chi connectivity index (χ1v) is 6.60. The molecule has 0 radical (unpaired) electrons. The minimum absolute atomic E-state index is 0.0292. The molecule has 0 aromatic carbocycles. The molecule has 0 heterocycles. The molecule has 0 bridgehead atoms. The van der Waals surface area contributed by atoms with Crippen molar-refractivity contribution in [3.8, 4) is 0 Å². The fraction of sp³-hybridized carbons (Fsp3) is 1.00. The molecule has 0 fully saturated rings. The second-order valence-corrected chi connectivity index (χ2v) is 5.19. The van der Waals surface area contributed by atoms with Gasteiger partial charge in [0, 0.05) is 0 Å². The SMILES string of the molecule is CCCCC[CH](CC)[Ti](=[O])=[O]. The number of hydrogen-bond donors (Lipinski definition) is 0. The van der Waals surface area contributed by atoms with Gasteiger partial charge in [0.2, 0.25) is 0 Å². The van der Waals surface area contributed by atoms with Crippen molar-refractivity contribution >= 4 is 0 Å². The Hall–Kier alpha value is 0.314. The standard InChI is InChI=1S/C8H17.2O.Ti/c1-3-5-7-8-6-4-2;;;/h5H,3-4,6-8H2,1-2H3;;;. The summed E-state index contributed by atoms with van der Waals surface area (Å²) in [4.78, 5) is 0. The molecule has 0 aliphatic carbocycles. The third-order valence-electron chi connectivity index (χ3n) is 1.98. The van der Waals surface area contributed by atoms with Crippen LogP contribution in [-0.4, -0.2) is 0 Å². The van der Waals surface area contributed by atoms with Crippen molar-refractivity contribution in [3.63, 3.8) is 0 Å². The van der Waals surface area contributed by atoms with E-state index in [9.17, 15) is 6.65 Å². The molecule has 0 saturated heterocycles. The molecule has 0 N–H and O–H groups in total. The summed E-state index contributed by atoms with van der Waals surface area (Å²) >= 11 is -3.07. The van der Waals surface area contributed by atoms with Gasteiger partial charge in [0.25, 0.3) is 0 Å². The van der Waals surface area contributed by atoms with E-state index >= 15 is 0 Å². The van der Waals surface area contributed by atoms with Gasteiger partial charge in [-0.3, -0.25) is 0 Å². The zero-order chi connectivity index (χ0) is 8.69. The van der Waals surface area contributed by atoms with E-state index in [1.165, 1.54) is 12.8 Å². The first-order valence-electron chi connectivity index (χ1n) is 4.43. The molecule has 0 saturated carbocycles. The Morgan fingerprint density at radius 2 is 1.82 bits per heavy atom. The van der Waals surface area contributed by atoms with E-state index in [2.05, 4.69) is 6.92 Å². The van der Waals surface area contributed by atoms with Crippen LogP contribution in [0.1, 0.15) is 46.0 Å². The molecule has 0 aromatic rings. The number of hydrogen-bond acceptors (Lipinski definition) is 2. The number of unbranched alkanes of at least 4 members (excludes halogenated alkanes) is 2. The van der Waals surface area contributed by atoms with E-state index in [4.69, 9.17) is 0 Å². The van der Waals surface area contributed by atoms with E-state index < -0.39 is 17.8 Å². The Morgan fingerprint density at radius 1 is 1.18 bits per heavy atom. The zero-order valence-electron chi connectivity index (χ0n) is 7.43. The topological polar surface area (TPSA) is 34.1 Å². The van der Waals surface area contributed by atoms with E-state index in [0.29, 0.717) is 0 Å². The van der Waals surface area contributed by atoms with Crippen LogP contribution >= 0.6 is 0 Å². The quantitative estimate of drug-likeness (QED) is 0.479. The summed E-state index contributed by atoms with van der Waals surface area (Å²) in [7, 11) is 0. The molecule has 0 spiro atoms. The second-order valence-electron chi connectivity index (χ2n) is 2.92. The van der Waals surface area contributed by atoms with Crippen molar-refractivity contribution in [1.29, 1.82) is 0 Å². The Labute approximate surface area is 74.9 Å². The van der Waals surface area contributed by atoms with E-state index in [-0.39, 0.29) is 4.22 Å². The van der Waals surface area contributed by atoms with Crippen molar-refractivity contribution in [2.24, 2.45) is 0 Å². The van der Waals surface area contributed by atoms with Crippen molar-refractivity contribution in [2.45, 2.75) is 50.2 Å². The number of rotatable bonds is 6. The van der Waals surface area contributed by atoms with Gasteiger partial charge in [-0.2, -0.15) is 0 Å². The molecule has 2 nitrogen and oxygen atoms in total. The fourth-order valence-corrected chi connectivity index (χ4v) is 2.34. The van der Waals surface area contributed by atoms with Crippen LogP contribution in [0.3, 0.4) is 0 Å². The van der Waals surface area contributed by atoms with Gasteiger partial charge >= 0.3 is 74.6 Å². The van der Waals surface area contributed by atoms with Crippen molar-refractivity contribution in [1.82, 2.24) is 0 Å². The van der Waals surface area contributed by atoms with Gasteiger partial charge in [0.1, 0.15) is 0 Å². The molecule has 0 aliphatic heterocycles. The van der Waals surface area contributed by atoms with E-state index in [1.54, 1.807) is 0 Å². The Kier molecular flexibility index (Phi) is 7.19. The normalized spacial score (nSPS) is 12.9. The van der Waals surface area contributed by atoms with Gasteiger partial charge in [0.05, 0.1) is 0 Å². The second kappa shape index (κ2) is 6.99. The molecule has 3 heteroatoms. The molecular weight excluding hydrogens is 176 g/mol. The Balaban J connectivity index is 3.53. The Morgan fingerprint density at radius 3 is 2.18 bits per heavy atom. The summed E-state index contributed by atoms with van der Waals surface area (Å²) in [6.07, 6.45) is 5.13. The van der Waals surface area contributed by atoms with Crippen LogP contribution in [0.15, 0.2) is 0 Å². The van der Waals surface area contributed by atoms with Crippen LogP contribution in [0.2, 0.25) is 4.22 Å². The molecule has 1 unspecified atom stereocenters. The monoisotopic (exact) mass is 193 g/mol. The summed E-state index contributed by atoms with van der Waals surface area (Å²) in [6, 6.07) is 0. The summed E-state index contributed by atoms with van der Waals surface area (Å²) in [5.41, 5.74) is 0. The third kappa shape index (κ3) is 5.57. The summed E-state index contributed by atoms with van der Waals surface area (Å²) in [5, 5.41) is 0. The van der Waals surface area contributed by atoms with Crippen molar-refractivity contribution in [3.05, 3.63) is 0 Å². The van der Waals surface area contributed by atoms with Gasteiger partial charge in [-0.15, -0.1) is 0 Å². The van der Waals surface area contributed by atoms with Crippen LogP contribution in [-0.2, 0) is 24.5 Å². The molecule has 1 atom stereocenters. The molecule has 11 heavy (non-hydrogen) atoms.